The van der Waals surface area contributed by atoms with Gasteiger partial charge in [0.15, 0.2) is 0 Å². The van der Waals surface area contributed by atoms with Crippen molar-refractivity contribution in [2.75, 3.05) is 31.2 Å². The van der Waals surface area contributed by atoms with Gasteiger partial charge >= 0.3 is 0 Å². The molecule has 28 heavy (non-hydrogen) atoms. The van der Waals surface area contributed by atoms with Crippen molar-refractivity contribution >= 4 is 11.6 Å². The molecular weight excluding hydrogens is 350 g/mol. The summed E-state index contributed by atoms with van der Waals surface area (Å²) in [6, 6.07) is 13.0. The molecule has 5 rings (SSSR count). The number of hydrogen-bond donors (Lipinski definition) is 1. The summed E-state index contributed by atoms with van der Waals surface area (Å²) in [5, 5.41) is 3.35. The molecule has 1 aliphatic carbocycles. The Kier molecular flexibility index (Phi) is 4.55. The highest BCUT2D eigenvalue weighted by Crippen LogP contribution is 2.51. The molecule has 2 unspecified atom stereocenters. The molecule has 0 saturated carbocycles. The third kappa shape index (κ3) is 3.08. The van der Waals surface area contributed by atoms with Gasteiger partial charge in [0.2, 0.25) is 5.91 Å². The van der Waals surface area contributed by atoms with Crippen LogP contribution in [0.2, 0.25) is 0 Å². The molecular formula is C23H27N3O2. The average Bonchev–Trinajstić information content (AvgIpc) is 3.38. The SMILES string of the molecule is O=C(NC1CC2(CCN(c3cccnc3)CC2)c2ccccc21)C1CCOC1. The molecule has 1 aromatic heterocycles. The number of piperidine rings is 1. The molecule has 0 bridgehead atoms. The minimum absolute atomic E-state index is 0.0103. The van der Waals surface area contributed by atoms with E-state index in [2.05, 4.69) is 45.5 Å². The van der Waals surface area contributed by atoms with Gasteiger partial charge in [-0.25, -0.2) is 0 Å². The summed E-state index contributed by atoms with van der Waals surface area (Å²) in [7, 11) is 0. The van der Waals surface area contributed by atoms with Gasteiger partial charge in [-0.2, -0.15) is 0 Å². The fourth-order valence-electron chi connectivity index (χ4n) is 5.26. The molecule has 1 aromatic carbocycles. The topological polar surface area (TPSA) is 54.5 Å². The molecule has 0 radical (unpaired) electrons. The van der Waals surface area contributed by atoms with Gasteiger partial charge in [-0.05, 0) is 48.9 Å². The molecule has 146 valence electrons. The number of ether oxygens (including phenoxy) is 1. The van der Waals surface area contributed by atoms with Gasteiger partial charge in [0, 0.05) is 31.3 Å². The van der Waals surface area contributed by atoms with E-state index in [1.165, 1.54) is 16.8 Å². The lowest BCUT2D eigenvalue weighted by Crippen LogP contribution is -2.42. The maximum absolute atomic E-state index is 12.7. The van der Waals surface area contributed by atoms with E-state index in [1.807, 2.05) is 18.5 Å². The number of nitrogens with one attached hydrogen (secondary N) is 1. The van der Waals surface area contributed by atoms with Gasteiger partial charge < -0.3 is 15.0 Å². The van der Waals surface area contributed by atoms with Crippen LogP contribution in [-0.4, -0.2) is 37.2 Å². The molecule has 5 nitrogen and oxygen atoms in total. The van der Waals surface area contributed by atoms with Gasteiger partial charge in [0.05, 0.1) is 30.5 Å². The lowest BCUT2D eigenvalue weighted by atomic mass is 9.73. The van der Waals surface area contributed by atoms with Crippen LogP contribution >= 0.6 is 0 Å². The van der Waals surface area contributed by atoms with Crippen molar-refractivity contribution in [1.29, 1.82) is 0 Å². The first-order valence-electron chi connectivity index (χ1n) is 10.4. The number of aromatic nitrogens is 1. The third-order valence-corrected chi connectivity index (χ3v) is 6.85. The molecule has 2 atom stereocenters. The average molecular weight is 377 g/mol. The van der Waals surface area contributed by atoms with Gasteiger partial charge in [-0.3, -0.25) is 9.78 Å². The first kappa shape index (κ1) is 17.7. The van der Waals surface area contributed by atoms with E-state index in [0.717, 1.165) is 38.8 Å². The molecule has 1 amide bonds. The summed E-state index contributed by atoms with van der Waals surface area (Å²) in [5.41, 5.74) is 4.12. The van der Waals surface area contributed by atoms with Crippen LogP contribution in [0.3, 0.4) is 0 Å². The fraction of sp³-hybridized carbons (Fsp3) is 0.478. The lowest BCUT2D eigenvalue weighted by Gasteiger charge is -2.41. The molecule has 3 heterocycles. The number of hydrogen-bond acceptors (Lipinski definition) is 4. The number of benzene rings is 1. The Balaban J connectivity index is 1.34. The minimum atomic E-state index is 0.0103. The number of amides is 1. The zero-order valence-corrected chi connectivity index (χ0v) is 16.1. The van der Waals surface area contributed by atoms with E-state index in [-0.39, 0.29) is 23.3 Å². The van der Waals surface area contributed by atoms with Crippen molar-refractivity contribution in [2.24, 2.45) is 5.92 Å². The Hall–Kier alpha value is -2.40. The quantitative estimate of drug-likeness (QED) is 0.892. The number of carbonyl (C=O) groups is 1. The van der Waals surface area contributed by atoms with Crippen LogP contribution in [0.1, 0.15) is 42.9 Å². The van der Waals surface area contributed by atoms with E-state index in [1.54, 1.807) is 0 Å². The number of fused-ring (bicyclic) bond motifs is 2. The number of anilines is 1. The van der Waals surface area contributed by atoms with Gasteiger partial charge in [-0.1, -0.05) is 24.3 Å². The molecule has 2 saturated heterocycles. The van der Waals surface area contributed by atoms with E-state index in [0.29, 0.717) is 13.2 Å². The van der Waals surface area contributed by atoms with E-state index in [4.69, 9.17) is 4.74 Å². The maximum atomic E-state index is 12.7. The molecule has 1 spiro atoms. The monoisotopic (exact) mass is 377 g/mol. The Morgan fingerprint density at radius 3 is 2.79 bits per heavy atom. The molecule has 2 aromatic rings. The Labute approximate surface area is 166 Å². The number of rotatable bonds is 3. The Morgan fingerprint density at radius 1 is 1.18 bits per heavy atom. The summed E-state index contributed by atoms with van der Waals surface area (Å²) < 4.78 is 5.40. The first-order valence-corrected chi connectivity index (χ1v) is 10.4. The van der Waals surface area contributed by atoms with Gasteiger partial charge in [0.1, 0.15) is 0 Å². The largest absolute Gasteiger partial charge is 0.381 e. The zero-order chi connectivity index (χ0) is 19.0. The second kappa shape index (κ2) is 7.21. The van der Waals surface area contributed by atoms with E-state index < -0.39 is 0 Å². The van der Waals surface area contributed by atoms with E-state index in [9.17, 15) is 4.79 Å². The van der Waals surface area contributed by atoms with Crippen molar-refractivity contribution in [1.82, 2.24) is 10.3 Å². The van der Waals surface area contributed by atoms with Crippen LogP contribution in [0.4, 0.5) is 5.69 Å². The summed E-state index contributed by atoms with van der Waals surface area (Å²) in [4.78, 5) is 19.4. The number of carbonyl (C=O) groups excluding carboxylic acids is 1. The fourth-order valence-corrected chi connectivity index (χ4v) is 5.26. The smallest absolute Gasteiger partial charge is 0.226 e. The maximum Gasteiger partial charge on any atom is 0.226 e. The summed E-state index contributed by atoms with van der Waals surface area (Å²) in [6.45, 7) is 3.31. The standard InChI is InChI=1S/C23H27N3O2/c27-22(17-7-13-28-16-17)25-21-14-23(20-6-2-1-5-19(20)21)8-11-26(12-9-23)18-4-3-10-24-15-18/h1-6,10,15,17,21H,7-9,11-14,16H2,(H,25,27). The summed E-state index contributed by atoms with van der Waals surface area (Å²) in [6.07, 6.45) is 7.84. The minimum Gasteiger partial charge on any atom is -0.381 e. The van der Waals surface area contributed by atoms with Gasteiger partial charge in [0.25, 0.3) is 0 Å². The Bertz CT molecular complexity index is 840. The zero-order valence-electron chi connectivity index (χ0n) is 16.1. The van der Waals surface area contributed by atoms with Crippen LogP contribution in [0.5, 0.6) is 0 Å². The highest BCUT2D eigenvalue weighted by atomic mass is 16.5. The number of pyridine rings is 1. The second-order valence-electron chi connectivity index (χ2n) is 8.39. The van der Waals surface area contributed by atoms with Gasteiger partial charge in [-0.15, -0.1) is 0 Å². The number of nitrogens with zero attached hydrogens (tertiary/aromatic N) is 2. The third-order valence-electron chi connectivity index (χ3n) is 6.85. The molecule has 3 aliphatic rings. The van der Waals surface area contributed by atoms with Crippen LogP contribution in [0, 0.1) is 5.92 Å². The predicted molar refractivity (Wildman–Crippen MR) is 108 cm³/mol. The summed E-state index contributed by atoms with van der Waals surface area (Å²) >= 11 is 0. The van der Waals surface area contributed by atoms with Crippen molar-refractivity contribution in [3.63, 3.8) is 0 Å². The second-order valence-corrected chi connectivity index (χ2v) is 8.39. The highest BCUT2D eigenvalue weighted by molar-refractivity contribution is 5.79. The Morgan fingerprint density at radius 2 is 2.04 bits per heavy atom. The molecule has 5 heteroatoms. The van der Waals surface area contributed by atoms with Crippen molar-refractivity contribution < 1.29 is 9.53 Å². The predicted octanol–water partition coefficient (Wildman–Crippen LogP) is 3.22. The summed E-state index contributed by atoms with van der Waals surface area (Å²) in [5.74, 6) is 0.165. The van der Waals surface area contributed by atoms with Crippen molar-refractivity contribution in [2.45, 2.75) is 37.1 Å². The molecule has 2 aliphatic heterocycles. The first-order chi connectivity index (χ1) is 13.8. The molecule has 2 fully saturated rings. The van der Waals surface area contributed by atoms with E-state index >= 15 is 0 Å². The lowest BCUT2D eigenvalue weighted by molar-refractivity contribution is -0.125. The van der Waals surface area contributed by atoms with Crippen molar-refractivity contribution in [3.05, 3.63) is 59.9 Å². The van der Waals surface area contributed by atoms with Crippen LogP contribution < -0.4 is 10.2 Å². The normalized spacial score (nSPS) is 25.6. The van der Waals surface area contributed by atoms with Crippen LogP contribution in [-0.2, 0) is 14.9 Å². The van der Waals surface area contributed by atoms with Crippen LogP contribution in [0.25, 0.3) is 0 Å². The highest BCUT2D eigenvalue weighted by Gasteiger charge is 2.46. The van der Waals surface area contributed by atoms with Crippen molar-refractivity contribution in [3.8, 4) is 0 Å². The van der Waals surface area contributed by atoms with Crippen LogP contribution in [0.15, 0.2) is 48.8 Å². The molecule has 1 N–H and O–H groups in total.